The molecule has 5 nitrogen and oxygen atoms in total. The molecule has 0 aliphatic carbocycles. The standard InChI is InChI=1S/C13H17FN4O.ClH/c1-15-8-13(19)16-6-5-12-17-10-4-3-9(14)7-11(10)18(12)2;/h3-4,7,15H,5-6,8H2,1-2H3,(H,16,19);1H. The van der Waals surface area contributed by atoms with E-state index < -0.39 is 0 Å². The molecule has 7 heteroatoms. The van der Waals surface area contributed by atoms with Crippen molar-refractivity contribution in [1.82, 2.24) is 20.2 Å². The van der Waals surface area contributed by atoms with Crippen molar-refractivity contribution >= 4 is 29.3 Å². The summed E-state index contributed by atoms with van der Waals surface area (Å²) in [6.45, 7) is 0.813. The van der Waals surface area contributed by atoms with Crippen molar-refractivity contribution in [3.8, 4) is 0 Å². The zero-order valence-electron chi connectivity index (χ0n) is 11.4. The van der Waals surface area contributed by atoms with Crippen molar-refractivity contribution in [2.45, 2.75) is 6.42 Å². The molecule has 0 saturated carbocycles. The van der Waals surface area contributed by atoms with Gasteiger partial charge in [0.1, 0.15) is 11.6 Å². The van der Waals surface area contributed by atoms with Gasteiger partial charge in [-0.3, -0.25) is 4.79 Å². The summed E-state index contributed by atoms with van der Waals surface area (Å²) in [5.74, 6) is 0.502. The van der Waals surface area contributed by atoms with Crippen LogP contribution in [-0.2, 0) is 18.3 Å². The zero-order chi connectivity index (χ0) is 13.8. The Labute approximate surface area is 123 Å². The Morgan fingerprint density at radius 1 is 1.45 bits per heavy atom. The minimum Gasteiger partial charge on any atom is -0.355 e. The maximum atomic E-state index is 13.2. The van der Waals surface area contributed by atoms with Gasteiger partial charge in [0.15, 0.2) is 0 Å². The van der Waals surface area contributed by atoms with E-state index in [9.17, 15) is 9.18 Å². The van der Waals surface area contributed by atoms with Crippen LogP contribution >= 0.6 is 12.4 Å². The summed E-state index contributed by atoms with van der Waals surface area (Å²) in [5, 5.41) is 5.57. The minimum absolute atomic E-state index is 0. The van der Waals surface area contributed by atoms with Gasteiger partial charge in [0.2, 0.25) is 5.91 Å². The molecule has 0 spiro atoms. The molecule has 0 saturated heterocycles. The second-order valence-electron chi connectivity index (χ2n) is 4.35. The first-order valence-corrected chi connectivity index (χ1v) is 6.14. The highest BCUT2D eigenvalue weighted by atomic mass is 35.5. The van der Waals surface area contributed by atoms with Gasteiger partial charge in [-0.1, -0.05) is 0 Å². The number of amides is 1. The molecule has 1 aromatic heterocycles. The quantitative estimate of drug-likeness (QED) is 0.866. The Kier molecular flexibility index (Phi) is 5.91. The fourth-order valence-electron chi connectivity index (χ4n) is 1.97. The third kappa shape index (κ3) is 3.68. The Morgan fingerprint density at radius 3 is 2.90 bits per heavy atom. The van der Waals surface area contributed by atoms with Gasteiger partial charge in [-0.15, -0.1) is 12.4 Å². The molecule has 1 heterocycles. The van der Waals surface area contributed by atoms with Gasteiger partial charge in [0.25, 0.3) is 0 Å². The van der Waals surface area contributed by atoms with E-state index in [1.807, 2.05) is 11.6 Å². The zero-order valence-corrected chi connectivity index (χ0v) is 12.3. The van der Waals surface area contributed by atoms with Crippen LogP contribution in [0.2, 0.25) is 0 Å². The first-order valence-electron chi connectivity index (χ1n) is 6.14. The summed E-state index contributed by atoms with van der Waals surface area (Å²) in [6, 6.07) is 4.52. The number of carbonyl (C=O) groups excluding carboxylic acids is 1. The van der Waals surface area contributed by atoms with E-state index in [2.05, 4.69) is 15.6 Å². The SMILES string of the molecule is CNCC(=O)NCCc1nc2ccc(F)cc2n1C.Cl. The van der Waals surface area contributed by atoms with E-state index in [1.54, 1.807) is 13.1 Å². The molecule has 1 amide bonds. The second kappa shape index (κ2) is 7.21. The summed E-state index contributed by atoms with van der Waals surface area (Å²) >= 11 is 0. The molecular formula is C13H18ClFN4O. The lowest BCUT2D eigenvalue weighted by atomic mass is 10.3. The van der Waals surface area contributed by atoms with E-state index in [-0.39, 0.29) is 24.1 Å². The van der Waals surface area contributed by atoms with Gasteiger partial charge in [-0.25, -0.2) is 9.37 Å². The van der Waals surface area contributed by atoms with Crippen molar-refractivity contribution < 1.29 is 9.18 Å². The number of likely N-dealkylation sites (N-methyl/N-ethyl adjacent to an activating group) is 1. The molecule has 2 rings (SSSR count). The number of aromatic nitrogens is 2. The largest absolute Gasteiger partial charge is 0.355 e. The van der Waals surface area contributed by atoms with Crippen LogP contribution in [0.15, 0.2) is 18.2 Å². The molecule has 0 aliphatic heterocycles. The number of fused-ring (bicyclic) bond motifs is 1. The van der Waals surface area contributed by atoms with Crippen LogP contribution in [0.1, 0.15) is 5.82 Å². The normalized spacial score (nSPS) is 10.3. The molecule has 0 unspecified atom stereocenters. The van der Waals surface area contributed by atoms with Gasteiger partial charge in [-0.2, -0.15) is 0 Å². The second-order valence-corrected chi connectivity index (χ2v) is 4.35. The number of hydrogen-bond acceptors (Lipinski definition) is 3. The van der Waals surface area contributed by atoms with E-state index in [4.69, 9.17) is 0 Å². The average molecular weight is 301 g/mol. The number of carbonyl (C=O) groups is 1. The molecule has 1 aromatic carbocycles. The van der Waals surface area contributed by atoms with Crippen LogP contribution in [0.25, 0.3) is 11.0 Å². The smallest absolute Gasteiger partial charge is 0.233 e. The van der Waals surface area contributed by atoms with Gasteiger partial charge >= 0.3 is 0 Å². The van der Waals surface area contributed by atoms with Gasteiger partial charge in [0, 0.05) is 20.0 Å². The monoisotopic (exact) mass is 300 g/mol. The third-order valence-electron chi connectivity index (χ3n) is 2.94. The predicted octanol–water partition coefficient (Wildman–Crippen LogP) is 1.01. The lowest BCUT2D eigenvalue weighted by Crippen LogP contribution is -2.33. The van der Waals surface area contributed by atoms with Gasteiger partial charge in [-0.05, 0) is 25.2 Å². The topological polar surface area (TPSA) is 59.0 Å². The van der Waals surface area contributed by atoms with E-state index >= 15 is 0 Å². The van der Waals surface area contributed by atoms with Crippen LogP contribution in [0.5, 0.6) is 0 Å². The first kappa shape index (κ1) is 16.4. The maximum Gasteiger partial charge on any atom is 0.233 e. The molecular weight excluding hydrogens is 283 g/mol. The number of imidazole rings is 1. The summed E-state index contributed by atoms with van der Waals surface area (Å²) < 4.78 is 15.0. The number of nitrogens with one attached hydrogen (secondary N) is 2. The van der Waals surface area contributed by atoms with Crippen LogP contribution in [-0.4, -0.2) is 35.6 Å². The number of halogens is 2. The summed E-state index contributed by atoms with van der Waals surface area (Å²) in [4.78, 5) is 15.7. The lowest BCUT2D eigenvalue weighted by molar-refractivity contribution is -0.120. The molecule has 110 valence electrons. The van der Waals surface area contributed by atoms with Crippen molar-refractivity contribution in [1.29, 1.82) is 0 Å². The van der Waals surface area contributed by atoms with Gasteiger partial charge in [0.05, 0.1) is 17.6 Å². The molecule has 0 bridgehead atoms. The van der Waals surface area contributed by atoms with Crippen LogP contribution in [0.4, 0.5) is 4.39 Å². The summed E-state index contributed by atoms with van der Waals surface area (Å²) in [7, 11) is 3.57. The third-order valence-corrected chi connectivity index (χ3v) is 2.94. The molecule has 0 radical (unpaired) electrons. The van der Waals surface area contributed by atoms with Crippen molar-refractivity contribution in [3.05, 3.63) is 29.8 Å². The van der Waals surface area contributed by atoms with E-state index in [0.717, 1.165) is 16.9 Å². The maximum absolute atomic E-state index is 13.2. The van der Waals surface area contributed by atoms with Crippen LogP contribution in [0.3, 0.4) is 0 Å². The highest BCUT2D eigenvalue weighted by molar-refractivity contribution is 5.85. The Morgan fingerprint density at radius 2 is 2.20 bits per heavy atom. The Hall–Kier alpha value is -1.66. The number of rotatable bonds is 5. The Bertz CT molecular complexity index is 599. The van der Waals surface area contributed by atoms with Crippen molar-refractivity contribution in [2.75, 3.05) is 20.1 Å². The van der Waals surface area contributed by atoms with Crippen molar-refractivity contribution in [3.63, 3.8) is 0 Å². The van der Waals surface area contributed by atoms with Crippen LogP contribution < -0.4 is 10.6 Å². The fraction of sp³-hybridized carbons (Fsp3) is 0.385. The van der Waals surface area contributed by atoms with E-state index in [1.165, 1.54) is 12.1 Å². The molecule has 0 fully saturated rings. The van der Waals surface area contributed by atoms with E-state index in [0.29, 0.717) is 19.5 Å². The fourth-order valence-corrected chi connectivity index (χ4v) is 1.97. The summed E-state index contributed by atoms with van der Waals surface area (Å²) in [6.07, 6.45) is 0.613. The first-order chi connectivity index (χ1) is 9.11. The van der Waals surface area contributed by atoms with Crippen LogP contribution in [0, 0.1) is 5.82 Å². The lowest BCUT2D eigenvalue weighted by Gasteiger charge is -2.05. The molecule has 2 aromatic rings. The molecule has 20 heavy (non-hydrogen) atoms. The Balaban J connectivity index is 0.00000200. The highest BCUT2D eigenvalue weighted by Crippen LogP contribution is 2.16. The number of hydrogen-bond donors (Lipinski definition) is 2. The molecule has 2 N–H and O–H groups in total. The minimum atomic E-state index is -0.274. The van der Waals surface area contributed by atoms with Gasteiger partial charge < -0.3 is 15.2 Å². The predicted molar refractivity (Wildman–Crippen MR) is 78.6 cm³/mol. The summed E-state index contributed by atoms with van der Waals surface area (Å²) in [5.41, 5.74) is 1.53. The number of benzene rings is 1. The number of aryl methyl sites for hydroxylation is 1. The van der Waals surface area contributed by atoms with Crippen molar-refractivity contribution in [2.24, 2.45) is 7.05 Å². The number of nitrogens with zero attached hydrogens (tertiary/aromatic N) is 2. The average Bonchev–Trinajstić information content (AvgIpc) is 2.67. The molecule has 0 aliphatic rings. The highest BCUT2D eigenvalue weighted by Gasteiger charge is 2.08. The molecule has 0 atom stereocenters.